The maximum absolute atomic E-state index is 11.9. The van der Waals surface area contributed by atoms with Gasteiger partial charge in [0, 0.05) is 19.6 Å². The van der Waals surface area contributed by atoms with Gasteiger partial charge in [0.1, 0.15) is 0 Å². The number of nitrogens with zero attached hydrogens (tertiary/aromatic N) is 1. The van der Waals surface area contributed by atoms with Crippen LogP contribution in [0, 0.1) is 11.8 Å². The molecule has 6 nitrogen and oxygen atoms in total. The second-order valence-electron chi connectivity index (χ2n) is 5.20. The molecule has 1 saturated heterocycles. The lowest BCUT2D eigenvalue weighted by Gasteiger charge is -2.32. The number of hydrogen-bond acceptors (Lipinski definition) is 3. The van der Waals surface area contributed by atoms with Gasteiger partial charge in [-0.25, -0.2) is 4.79 Å². The molecule has 3 unspecified atom stereocenters. The minimum Gasteiger partial charge on any atom is -0.481 e. The van der Waals surface area contributed by atoms with Crippen molar-refractivity contribution in [3.05, 3.63) is 0 Å². The van der Waals surface area contributed by atoms with Crippen LogP contribution in [0.2, 0.25) is 0 Å². The van der Waals surface area contributed by atoms with Crippen molar-refractivity contribution < 1.29 is 19.4 Å². The average Bonchev–Trinajstić information content (AvgIpc) is 3.02. The normalized spacial score (nSPS) is 30.9. The maximum atomic E-state index is 11.9. The van der Waals surface area contributed by atoms with Crippen LogP contribution in [-0.4, -0.2) is 54.4 Å². The third-order valence-corrected chi connectivity index (χ3v) is 3.62. The van der Waals surface area contributed by atoms with Crippen molar-refractivity contribution in [1.29, 1.82) is 0 Å². The number of hydrogen-bond donors (Lipinski definition) is 2. The highest BCUT2D eigenvalue weighted by Crippen LogP contribution is 2.36. The van der Waals surface area contributed by atoms with E-state index in [1.165, 1.54) is 6.42 Å². The molecule has 2 amide bonds. The van der Waals surface area contributed by atoms with Gasteiger partial charge in [-0.2, -0.15) is 0 Å². The Bertz CT molecular complexity index is 334. The van der Waals surface area contributed by atoms with Gasteiger partial charge in [0.15, 0.2) is 0 Å². The number of urea groups is 1. The van der Waals surface area contributed by atoms with Crippen molar-refractivity contribution in [3.63, 3.8) is 0 Å². The maximum Gasteiger partial charge on any atom is 0.317 e. The molecule has 102 valence electrons. The molecule has 0 spiro atoms. The summed E-state index contributed by atoms with van der Waals surface area (Å²) in [7, 11) is 0. The Balaban J connectivity index is 1.73. The highest BCUT2D eigenvalue weighted by Gasteiger charge is 2.33. The largest absolute Gasteiger partial charge is 0.481 e. The molecule has 2 N–H and O–H groups in total. The van der Waals surface area contributed by atoms with Crippen LogP contribution in [-0.2, 0) is 9.53 Å². The highest BCUT2D eigenvalue weighted by atomic mass is 16.5. The van der Waals surface area contributed by atoms with E-state index in [9.17, 15) is 9.59 Å². The summed E-state index contributed by atoms with van der Waals surface area (Å²) in [5, 5.41) is 11.6. The fourth-order valence-electron chi connectivity index (χ4n) is 2.24. The highest BCUT2D eigenvalue weighted by molar-refractivity contribution is 5.74. The zero-order valence-corrected chi connectivity index (χ0v) is 10.6. The van der Waals surface area contributed by atoms with E-state index in [-0.39, 0.29) is 18.6 Å². The quantitative estimate of drug-likeness (QED) is 0.769. The molecule has 2 fully saturated rings. The van der Waals surface area contributed by atoms with Crippen LogP contribution in [0.25, 0.3) is 0 Å². The Hall–Kier alpha value is -1.30. The first kappa shape index (κ1) is 13.1. The van der Waals surface area contributed by atoms with Crippen LogP contribution in [0.3, 0.4) is 0 Å². The Morgan fingerprint density at radius 1 is 1.50 bits per heavy atom. The summed E-state index contributed by atoms with van der Waals surface area (Å²) in [5.41, 5.74) is 0. The van der Waals surface area contributed by atoms with E-state index in [0.29, 0.717) is 25.6 Å². The van der Waals surface area contributed by atoms with E-state index in [1.54, 1.807) is 4.90 Å². The van der Waals surface area contributed by atoms with Crippen LogP contribution in [0.5, 0.6) is 0 Å². The molecule has 0 radical (unpaired) electrons. The van der Waals surface area contributed by atoms with E-state index >= 15 is 0 Å². The fraction of sp³-hybridized carbons (Fsp3) is 0.833. The zero-order valence-electron chi connectivity index (χ0n) is 10.6. The average molecular weight is 256 g/mol. The monoisotopic (exact) mass is 256 g/mol. The molecule has 1 aliphatic carbocycles. The zero-order chi connectivity index (χ0) is 13.1. The molecule has 0 aromatic rings. The predicted molar refractivity (Wildman–Crippen MR) is 64.2 cm³/mol. The lowest BCUT2D eigenvalue weighted by molar-refractivity contribution is -0.141. The topological polar surface area (TPSA) is 78.9 Å². The summed E-state index contributed by atoms with van der Waals surface area (Å²) in [6, 6.07) is -0.104. The van der Waals surface area contributed by atoms with Gasteiger partial charge in [0.05, 0.1) is 19.1 Å². The summed E-state index contributed by atoms with van der Waals surface area (Å²) in [4.78, 5) is 24.1. The van der Waals surface area contributed by atoms with Gasteiger partial charge in [-0.3, -0.25) is 4.79 Å². The number of rotatable bonds is 4. The number of morpholine rings is 1. The number of amides is 2. The molecule has 1 aliphatic heterocycles. The summed E-state index contributed by atoms with van der Waals surface area (Å²) in [5.74, 6) is 0.439. The van der Waals surface area contributed by atoms with Crippen LogP contribution in [0.1, 0.15) is 19.8 Å². The first-order valence-electron chi connectivity index (χ1n) is 6.42. The van der Waals surface area contributed by atoms with E-state index in [4.69, 9.17) is 9.84 Å². The molecule has 1 heterocycles. The predicted octanol–water partition coefficient (Wildman–Crippen LogP) is 0.527. The van der Waals surface area contributed by atoms with Crippen molar-refractivity contribution in [3.8, 4) is 0 Å². The Labute approximate surface area is 106 Å². The van der Waals surface area contributed by atoms with E-state index < -0.39 is 5.97 Å². The van der Waals surface area contributed by atoms with Crippen molar-refractivity contribution in [2.24, 2.45) is 11.8 Å². The minimum atomic E-state index is -0.894. The smallest absolute Gasteiger partial charge is 0.317 e. The second kappa shape index (κ2) is 5.56. The Kier molecular flexibility index (Phi) is 4.06. The van der Waals surface area contributed by atoms with Gasteiger partial charge in [-0.05, 0) is 18.3 Å². The lowest BCUT2D eigenvalue weighted by atomic mass is 10.2. The van der Waals surface area contributed by atoms with Crippen molar-refractivity contribution in [1.82, 2.24) is 10.2 Å². The van der Waals surface area contributed by atoms with Crippen molar-refractivity contribution in [2.45, 2.75) is 25.9 Å². The molecule has 2 rings (SSSR count). The van der Waals surface area contributed by atoms with Crippen LogP contribution in [0.4, 0.5) is 4.79 Å². The molecule has 18 heavy (non-hydrogen) atoms. The SMILES string of the molecule is CC1CC1CNC(=O)N1CCOC(CC(=O)O)C1. The molecule has 0 bridgehead atoms. The summed E-state index contributed by atoms with van der Waals surface area (Å²) in [6.07, 6.45) is 0.746. The Morgan fingerprint density at radius 2 is 2.22 bits per heavy atom. The van der Waals surface area contributed by atoms with E-state index in [0.717, 1.165) is 12.5 Å². The third-order valence-electron chi connectivity index (χ3n) is 3.62. The molecule has 0 aromatic heterocycles. The number of nitrogens with one attached hydrogen (secondary N) is 1. The van der Waals surface area contributed by atoms with Crippen LogP contribution < -0.4 is 5.32 Å². The molecular formula is C12H20N2O4. The van der Waals surface area contributed by atoms with Gasteiger partial charge in [-0.15, -0.1) is 0 Å². The van der Waals surface area contributed by atoms with Crippen molar-refractivity contribution >= 4 is 12.0 Å². The molecule has 1 saturated carbocycles. The summed E-state index contributed by atoms with van der Waals surface area (Å²) < 4.78 is 5.32. The first-order valence-corrected chi connectivity index (χ1v) is 6.42. The second-order valence-corrected chi connectivity index (χ2v) is 5.20. The summed E-state index contributed by atoms with van der Waals surface area (Å²) >= 11 is 0. The molecule has 6 heteroatoms. The minimum absolute atomic E-state index is 0.0521. The molecule has 3 atom stereocenters. The van der Waals surface area contributed by atoms with E-state index in [2.05, 4.69) is 12.2 Å². The van der Waals surface area contributed by atoms with Gasteiger partial charge >= 0.3 is 12.0 Å². The number of ether oxygens (including phenoxy) is 1. The fourth-order valence-corrected chi connectivity index (χ4v) is 2.24. The third kappa shape index (κ3) is 3.60. The Morgan fingerprint density at radius 3 is 2.83 bits per heavy atom. The van der Waals surface area contributed by atoms with E-state index in [1.807, 2.05) is 0 Å². The van der Waals surface area contributed by atoms with Gasteiger partial charge < -0.3 is 20.1 Å². The molecule has 2 aliphatic rings. The standard InChI is InChI=1S/C12H20N2O4/c1-8-4-9(8)6-13-12(17)14-2-3-18-10(7-14)5-11(15)16/h8-10H,2-7H2,1H3,(H,13,17)(H,15,16). The molecule has 0 aromatic carbocycles. The molecular weight excluding hydrogens is 236 g/mol. The number of carboxylic acids is 1. The van der Waals surface area contributed by atoms with Gasteiger partial charge in [-0.1, -0.05) is 6.92 Å². The summed E-state index contributed by atoms with van der Waals surface area (Å²) in [6.45, 7) is 4.20. The van der Waals surface area contributed by atoms with Gasteiger partial charge in [0.2, 0.25) is 0 Å². The number of carboxylic acid groups (broad SMARTS) is 1. The van der Waals surface area contributed by atoms with Crippen molar-refractivity contribution in [2.75, 3.05) is 26.2 Å². The first-order chi connectivity index (χ1) is 8.56. The van der Waals surface area contributed by atoms with Crippen LogP contribution >= 0.6 is 0 Å². The number of carbonyl (C=O) groups is 2. The van der Waals surface area contributed by atoms with Gasteiger partial charge in [0.25, 0.3) is 0 Å². The van der Waals surface area contributed by atoms with Crippen LogP contribution in [0.15, 0.2) is 0 Å². The number of aliphatic carboxylic acids is 1. The lowest BCUT2D eigenvalue weighted by Crippen LogP contribution is -2.50. The number of carbonyl (C=O) groups excluding carboxylic acids is 1.